The van der Waals surface area contributed by atoms with E-state index in [1.54, 1.807) is 14.2 Å². The Hall–Kier alpha value is -2.24. The van der Waals surface area contributed by atoms with Crippen molar-refractivity contribution < 1.29 is 19.4 Å². The maximum absolute atomic E-state index is 11.8. The van der Waals surface area contributed by atoms with E-state index in [0.29, 0.717) is 29.5 Å². The van der Waals surface area contributed by atoms with Crippen molar-refractivity contribution in [3.63, 3.8) is 0 Å². The molecule has 6 heteroatoms. The molecule has 2 aromatic rings. The highest BCUT2D eigenvalue weighted by molar-refractivity contribution is 6.31. The lowest BCUT2D eigenvalue weighted by atomic mass is 9.95. The number of hydrogen-bond acceptors (Lipinski definition) is 4. The van der Waals surface area contributed by atoms with Crippen LogP contribution >= 0.6 is 11.6 Å². The third-order valence-corrected chi connectivity index (χ3v) is 5.19. The Bertz CT molecular complexity index is 795. The van der Waals surface area contributed by atoms with Crippen LogP contribution in [-0.4, -0.2) is 42.8 Å². The molecule has 1 saturated heterocycles. The Morgan fingerprint density at radius 1 is 1.19 bits per heavy atom. The average molecular weight is 376 g/mol. The van der Waals surface area contributed by atoms with E-state index in [0.717, 1.165) is 17.5 Å². The molecule has 138 valence electrons. The molecule has 1 aliphatic heterocycles. The van der Waals surface area contributed by atoms with Gasteiger partial charge in [-0.1, -0.05) is 29.8 Å². The first-order chi connectivity index (χ1) is 12.6. The van der Waals surface area contributed by atoms with Crippen molar-refractivity contribution in [3.8, 4) is 11.5 Å². The molecule has 3 rings (SSSR count). The van der Waals surface area contributed by atoms with Crippen molar-refractivity contribution in [1.82, 2.24) is 4.90 Å². The minimum atomic E-state index is -0.813. The van der Waals surface area contributed by atoms with Gasteiger partial charge in [0.25, 0.3) is 0 Å². The summed E-state index contributed by atoms with van der Waals surface area (Å²) >= 11 is 6.49. The summed E-state index contributed by atoms with van der Waals surface area (Å²) in [6, 6.07) is 12.3. The molecule has 0 aromatic heterocycles. The highest BCUT2D eigenvalue weighted by Gasteiger charge is 2.38. The van der Waals surface area contributed by atoms with Gasteiger partial charge in [-0.25, -0.2) is 0 Å². The van der Waals surface area contributed by atoms with Gasteiger partial charge in [0, 0.05) is 23.2 Å². The number of carboxylic acids is 1. The van der Waals surface area contributed by atoms with E-state index in [4.69, 9.17) is 21.1 Å². The van der Waals surface area contributed by atoms with E-state index < -0.39 is 12.0 Å². The second-order valence-corrected chi connectivity index (χ2v) is 6.67. The van der Waals surface area contributed by atoms with Crippen molar-refractivity contribution in [2.24, 2.45) is 0 Å². The minimum Gasteiger partial charge on any atom is -0.497 e. The van der Waals surface area contributed by atoms with Crippen molar-refractivity contribution in [2.45, 2.75) is 24.9 Å². The van der Waals surface area contributed by atoms with Gasteiger partial charge in [0.1, 0.15) is 17.5 Å². The largest absolute Gasteiger partial charge is 0.497 e. The number of nitrogens with zero attached hydrogens (tertiary/aromatic N) is 1. The molecule has 1 heterocycles. The molecule has 2 aromatic carbocycles. The number of carboxylic acid groups (broad SMARTS) is 1. The normalized spacial score (nSPS) is 18.5. The van der Waals surface area contributed by atoms with Crippen molar-refractivity contribution in [1.29, 1.82) is 0 Å². The number of methoxy groups -OCH3 is 2. The van der Waals surface area contributed by atoms with Gasteiger partial charge in [0.05, 0.1) is 20.3 Å². The maximum Gasteiger partial charge on any atom is 0.320 e. The number of hydrogen-bond donors (Lipinski definition) is 1. The van der Waals surface area contributed by atoms with Crippen molar-refractivity contribution in [2.75, 3.05) is 20.8 Å². The summed E-state index contributed by atoms with van der Waals surface area (Å²) in [5.41, 5.74) is 1.74. The Labute approximate surface area is 158 Å². The number of aliphatic carboxylic acids is 1. The average Bonchev–Trinajstić information content (AvgIpc) is 3.13. The monoisotopic (exact) mass is 375 g/mol. The first-order valence-electron chi connectivity index (χ1n) is 8.51. The van der Waals surface area contributed by atoms with E-state index in [2.05, 4.69) is 0 Å². The molecular formula is C20H22ClNO4. The van der Waals surface area contributed by atoms with Crippen LogP contribution in [0.3, 0.4) is 0 Å². The SMILES string of the molecule is COc1ccc(C(c2ccccc2Cl)N2CCCC2C(=O)O)c(OC)c1. The van der Waals surface area contributed by atoms with Crippen LogP contribution < -0.4 is 9.47 Å². The molecule has 1 aliphatic rings. The molecular weight excluding hydrogens is 354 g/mol. The zero-order valence-corrected chi connectivity index (χ0v) is 15.6. The summed E-state index contributed by atoms with van der Waals surface area (Å²) < 4.78 is 10.9. The van der Waals surface area contributed by atoms with Gasteiger partial charge < -0.3 is 14.6 Å². The second kappa shape index (κ2) is 7.98. The number of likely N-dealkylation sites (tertiary alicyclic amines) is 1. The summed E-state index contributed by atoms with van der Waals surface area (Å²) in [7, 11) is 3.20. The number of benzene rings is 2. The molecule has 2 atom stereocenters. The lowest BCUT2D eigenvalue weighted by Gasteiger charge is -2.33. The summed E-state index contributed by atoms with van der Waals surface area (Å²) in [6.07, 6.45) is 1.45. The van der Waals surface area contributed by atoms with E-state index in [-0.39, 0.29) is 6.04 Å². The quantitative estimate of drug-likeness (QED) is 0.827. The standard InChI is InChI=1S/C20H22ClNO4/c1-25-13-9-10-15(18(12-13)26-2)19(14-6-3-4-7-16(14)21)22-11-5-8-17(22)20(23)24/h3-4,6-7,9-10,12,17,19H,5,8,11H2,1-2H3,(H,23,24). The molecule has 1 N–H and O–H groups in total. The predicted molar refractivity (Wildman–Crippen MR) is 100 cm³/mol. The van der Waals surface area contributed by atoms with E-state index >= 15 is 0 Å². The molecule has 1 fully saturated rings. The first kappa shape index (κ1) is 18.5. The van der Waals surface area contributed by atoms with Crippen molar-refractivity contribution in [3.05, 3.63) is 58.6 Å². The zero-order valence-electron chi connectivity index (χ0n) is 14.8. The van der Waals surface area contributed by atoms with Gasteiger partial charge in [-0.15, -0.1) is 0 Å². The zero-order chi connectivity index (χ0) is 18.7. The van der Waals surface area contributed by atoms with Crippen LogP contribution in [0.2, 0.25) is 5.02 Å². The maximum atomic E-state index is 11.8. The van der Waals surface area contributed by atoms with Gasteiger partial charge in [0.2, 0.25) is 0 Å². The van der Waals surface area contributed by atoms with Gasteiger partial charge in [-0.05, 0) is 36.6 Å². The van der Waals surface area contributed by atoms with Gasteiger partial charge in [-0.3, -0.25) is 9.69 Å². The Morgan fingerprint density at radius 2 is 1.96 bits per heavy atom. The van der Waals surface area contributed by atoms with Crippen LogP contribution in [0.25, 0.3) is 0 Å². The highest BCUT2D eigenvalue weighted by Crippen LogP contribution is 2.42. The van der Waals surface area contributed by atoms with Crippen LogP contribution in [0.4, 0.5) is 0 Å². The van der Waals surface area contributed by atoms with E-state index in [1.807, 2.05) is 47.4 Å². The fraction of sp³-hybridized carbons (Fsp3) is 0.350. The molecule has 2 unspecified atom stereocenters. The minimum absolute atomic E-state index is 0.312. The lowest BCUT2D eigenvalue weighted by molar-refractivity contribution is -0.142. The second-order valence-electron chi connectivity index (χ2n) is 6.27. The Balaban J connectivity index is 2.16. The van der Waals surface area contributed by atoms with Crippen molar-refractivity contribution >= 4 is 17.6 Å². The van der Waals surface area contributed by atoms with Crippen LogP contribution in [0.5, 0.6) is 11.5 Å². The predicted octanol–water partition coefficient (Wildman–Crippen LogP) is 4.00. The fourth-order valence-corrected chi connectivity index (χ4v) is 3.87. The number of rotatable bonds is 6. The topological polar surface area (TPSA) is 59.0 Å². The molecule has 26 heavy (non-hydrogen) atoms. The summed E-state index contributed by atoms with van der Waals surface area (Å²) in [6.45, 7) is 0.683. The molecule has 0 saturated carbocycles. The highest BCUT2D eigenvalue weighted by atomic mass is 35.5. The third-order valence-electron chi connectivity index (χ3n) is 4.85. The molecule has 0 radical (unpaired) electrons. The third kappa shape index (κ3) is 3.50. The lowest BCUT2D eigenvalue weighted by Crippen LogP contribution is -2.39. The van der Waals surface area contributed by atoms with E-state index in [9.17, 15) is 9.90 Å². The number of carbonyl (C=O) groups is 1. The van der Waals surface area contributed by atoms with Crippen LogP contribution in [0.1, 0.15) is 30.0 Å². The van der Waals surface area contributed by atoms with E-state index in [1.165, 1.54) is 0 Å². The summed E-state index contributed by atoms with van der Waals surface area (Å²) in [5, 5.41) is 10.3. The molecule has 0 aliphatic carbocycles. The van der Waals surface area contributed by atoms with Crippen LogP contribution in [0, 0.1) is 0 Å². The summed E-state index contributed by atoms with van der Waals surface area (Å²) in [5.74, 6) is 0.511. The van der Waals surface area contributed by atoms with Crippen LogP contribution in [0.15, 0.2) is 42.5 Å². The smallest absolute Gasteiger partial charge is 0.320 e. The molecule has 5 nitrogen and oxygen atoms in total. The molecule has 0 spiro atoms. The van der Waals surface area contributed by atoms with Gasteiger partial charge >= 0.3 is 5.97 Å². The Kier molecular flexibility index (Phi) is 5.69. The first-order valence-corrected chi connectivity index (χ1v) is 8.89. The van der Waals surface area contributed by atoms with Gasteiger partial charge in [-0.2, -0.15) is 0 Å². The van der Waals surface area contributed by atoms with Gasteiger partial charge in [0.15, 0.2) is 0 Å². The molecule has 0 bridgehead atoms. The number of ether oxygens (including phenoxy) is 2. The molecule has 0 amide bonds. The number of halogens is 1. The fourth-order valence-electron chi connectivity index (χ4n) is 3.63. The summed E-state index contributed by atoms with van der Waals surface area (Å²) in [4.78, 5) is 13.8. The van der Waals surface area contributed by atoms with Crippen LogP contribution in [-0.2, 0) is 4.79 Å². The Morgan fingerprint density at radius 3 is 2.62 bits per heavy atom.